The van der Waals surface area contributed by atoms with Gasteiger partial charge in [-0.1, -0.05) is 48.6 Å². The van der Waals surface area contributed by atoms with Gasteiger partial charge in [0.25, 0.3) is 0 Å². The van der Waals surface area contributed by atoms with Gasteiger partial charge in [-0.15, -0.1) is 0 Å². The summed E-state index contributed by atoms with van der Waals surface area (Å²) in [4.78, 5) is 32.0. The average molecular weight is 386 g/mol. The Morgan fingerprint density at radius 3 is 1.39 bits per heavy atom. The Balaban J connectivity index is 1.58. The van der Waals surface area contributed by atoms with Crippen molar-refractivity contribution < 1.29 is 28.1 Å². The zero-order valence-electron chi connectivity index (χ0n) is 15.1. The van der Waals surface area contributed by atoms with Crippen molar-refractivity contribution in [3.05, 3.63) is 83.4 Å². The molecule has 4 nitrogen and oxygen atoms in total. The van der Waals surface area contributed by atoms with E-state index in [2.05, 4.69) is 9.78 Å². The molecule has 0 bridgehead atoms. The predicted octanol–water partition coefficient (Wildman–Crippen LogP) is 5.25. The highest BCUT2D eigenvalue weighted by atomic mass is 19.1. The number of hydrogen-bond acceptors (Lipinski definition) is 4. The molecule has 28 heavy (non-hydrogen) atoms. The van der Waals surface area contributed by atoms with Crippen LogP contribution in [0.4, 0.5) is 8.78 Å². The molecule has 2 aromatic carbocycles. The lowest BCUT2D eigenvalue weighted by atomic mass is 10.2. The molecule has 2 rings (SSSR count). The molecular formula is C22H20F2O4. The highest BCUT2D eigenvalue weighted by Gasteiger charge is 2.08. The number of allylic oxidation sites excluding steroid dienone is 2. The zero-order chi connectivity index (χ0) is 20.2. The van der Waals surface area contributed by atoms with E-state index >= 15 is 0 Å². The summed E-state index contributed by atoms with van der Waals surface area (Å²) in [5, 5.41) is 0. The molecule has 0 aliphatic heterocycles. The molecule has 0 heterocycles. The molecule has 0 saturated carbocycles. The van der Waals surface area contributed by atoms with Crippen molar-refractivity contribution in [3.8, 4) is 0 Å². The van der Waals surface area contributed by atoms with Gasteiger partial charge in [0.1, 0.15) is 11.6 Å². The van der Waals surface area contributed by atoms with Crippen LogP contribution in [0.1, 0.15) is 36.8 Å². The first kappa shape index (κ1) is 21.0. The Morgan fingerprint density at radius 1 is 0.679 bits per heavy atom. The number of carbonyl (C=O) groups excluding carboxylic acids is 2. The molecule has 0 fully saturated rings. The number of halogens is 2. The van der Waals surface area contributed by atoms with Crippen molar-refractivity contribution in [2.45, 2.75) is 25.7 Å². The fourth-order valence-electron chi connectivity index (χ4n) is 2.17. The van der Waals surface area contributed by atoms with Crippen molar-refractivity contribution in [2.75, 3.05) is 0 Å². The molecule has 0 amide bonds. The van der Waals surface area contributed by atoms with Crippen LogP contribution in [0, 0.1) is 11.6 Å². The fourth-order valence-corrected chi connectivity index (χ4v) is 2.17. The van der Waals surface area contributed by atoms with E-state index < -0.39 is 11.9 Å². The van der Waals surface area contributed by atoms with Crippen LogP contribution in [-0.2, 0) is 19.4 Å². The van der Waals surface area contributed by atoms with Crippen molar-refractivity contribution >= 4 is 24.1 Å². The number of hydrogen-bond donors (Lipinski definition) is 0. The highest BCUT2D eigenvalue weighted by Crippen LogP contribution is 2.08. The zero-order valence-corrected chi connectivity index (χ0v) is 15.1. The standard InChI is InChI=1S/C22H20F2O4/c23-19-13-9-17(10-14-19)5-1-3-7-21(25)27-28-22(26)8-4-2-6-18-11-15-20(24)16-12-18/h1-2,5-6,9-16H,3-4,7-8H2/b5-1+,6-2+. The SMILES string of the molecule is O=C(CC/C=C/c1ccc(F)cc1)OOC(=O)CC/C=C/c1ccc(F)cc1. The molecule has 0 atom stereocenters. The van der Waals surface area contributed by atoms with Crippen LogP contribution in [0.5, 0.6) is 0 Å². The third kappa shape index (κ3) is 8.40. The molecule has 0 saturated heterocycles. The molecule has 2 aromatic rings. The van der Waals surface area contributed by atoms with Gasteiger partial charge in [-0.3, -0.25) is 0 Å². The highest BCUT2D eigenvalue weighted by molar-refractivity contribution is 5.73. The van der Waals surface area contributed by atoms with Gasteiger partial charge < -0.3 is 0 Å². The van der Waals surface area contributed by atoms with Gasteiger partial charge in [-0.05, 0) is 48.2 Å². The summed E-state index contributed by atoms with van der Waals surface area (Å²) in [6.07, 6.45) is 7.90. The molecule has 0 aliphatic carbocycles. The first-order chi connectivity index (χ1) is 13.5. The van der Waals surface area contributed by atoms with Crippen LogP contribution < -0.4 is 0 Å². The van der Waals surface area contributed by atoms with E-state index in [1.807, 2.05) is 0 Å². The van der Waals surface area contributed by atoms with Crippen molar-refractivity contribution in [3.63, 3.8) is 0 Å². The largest absolute Gasteiger partial charge is 0.355 e. The maximum atomic E-state index is 12.8. The number of carbonyl (C=O) groups is 2. The maximum absolute atomic E-state index is 12.8. The summed E-state index contributed by atoms with van der Waals surface area (Å²) >= 11 is 0. The average Bonchev–Trinajstić information content (AvgIpc) is 2.69. The first-order valence-electron chi connectivity index (χ1n) is 8.77. The molecule has 0 aliphatic rings. The van der Waals surface area contributed by atoms with Crippen LogP contribution in [0.25, 0.3) is 12.2 Å². The quantitative estimate of drug-likeness (QED) is 0.459. The monoisotopic (exact) mass is 386 g/mol. The molecule has 0 radical (unpaired) electrons. The smallest absolute Gasteiger partial charge is 0.247 e. The summed E-state index contributed by atoms with van der Waals surface area (Å²) in [6, 6.07) is 11.9. The summed E-state index contributed by atoms with van der Waals surface area (Å²) in [7, 11) is 0. The molecule has 0 unspecified atom stereocenters. The summed E-state index contributed by atoms with van der Waals surface area (Å²) in [5.41, 5.74) is 1.63. The lowest BCUT2D eigenvalue weighted by Gasteiger charge is -2.01. The van der Waals surface area contributed by atoms with Gasteiger partial charge >= 0.3 is 11.9 Å². The minimum Gasteiger partial charge on any atom is -0.247 e. The Kier molecular flexibility index (Phi) is 8.59. The predicted molar refractivity (Wildman–Crippen MR) is 102 cm³/mol. The number of rotatable bonds is 8. The van der Waals surface area contributed by atoms with Crippen molar-refractivity contribution in [1.29, 1.82) is 0 Å². The van der Waals surface area contributed by atoms with E-state index in [-0.39, 0.29) is 24.5 Å². The van der Waals surface area contributed by atoms with Gasteiger partial charge in [-0.25, -0.2) is 28.1 Å². The van der Waals surface area contributed by atoms with Crippen LogP contribution in [-0.4, -0.2) is 11.9 Å². The summed E-state index contributed by atoms with van der Waals surface area (Å²) in [6.45, 7) is 0. The molecule has 0 spiro atoms. The lowest BCUT2D eigenvalue weighted by molar-refractivity contribution is -0.259. The topological polar surface area (TPSA) is 52.6 Å². The normalized spacial score (nSPS) is 11.1. The molecule has 0 aromatic heterocycles. The van der Waals surface area contributed by atoms with E-state index in [0.29, 0.717) is 12.8 Å². The van der Waals surface area contributed by atoms with E-state index in [4.69, 9.17) is 0 Å². The van der Waals surface area contributed by atoms with Gasteiger partial charge in [0.15, 0.2) is 0 Å². The molecule has 146 valence electrons. The van der Waals surface area contributed by atoms with E-state index in [9.17, 15) is 18.4 Å². The fraction of sp³-hybridized carbons (Fsp3) is 0.182. The lowest BCUT2D eigenvalue weighted by Crippen LogP contribution is -2.10. The van der Waals surface area contributed by atoms with Gasteiger partial charge in [0, 0.05) is 0 Å². The molecule has 0 N–H and O–H groups in total. The van der Waals surface area contributed by atoms with Gasteiger partial charge in [0.2, 0.25) is 0 Å². The van der Waals surface area contributed by atoms with E-state index in [1.54, 1.807) is 48.6 Å². The minimum absolute atomic E-state index is 0.0510. The Bertz CT molecular complexity index is 753. The van der Waals surface area contributed by atoms with Gasteiger partial charge in [0.05, 0.1) is 12.8 Å². The van der Waals surface area contributed by atoms with Gasteiger partial charge in [-0.2, -0.15) is 0 Å². The van der Waals surface area contributed by atoms with Crippen LogP contribution in [0.15, 0.2) is 60.7 Å². The Labute approximate surface area is 162 Å². The van der Waals surface area contributed by atoms with Crippen molar-refractivity contribution in [1.82, 2.24) is 0 Å². The minimum atomic E-state index is -0.654. The van der Waals surface area contributed by atoms with Crippen LogP contribution >= 0.6 is 0 Å². The molecular weight excluding hydrogens is 366 g/mol. The van der Waals surface area contributed by atoms with Crippen LogP contribution in [0.3, 0.4) is 0 Å². The second-order valence-corrected chi connectivity index (χ2v) is 5.90. The number of benzene rings is 2. The third-order valence-corrected chi connectivity index (χ3v) is 3.62. The summed E-state index contributed by atoms with van der Waals surface area (Å²) < 4.78 is 25.6. The summed E-state index contributed by atoms with van der Waals surface area (Å²) in [5.74, 6) is -1.93. The maximum Gasteiger partial charge on any atom is 0.355 e. The van der Waals surface area contributed by atoms with Crippen LogP contribution in [0.2, 0.25) is 0 Å². The third-order valence-electron chi connectivity index (χ3n) is 3.62. The van der Waals surface area contributed by atoms with E-state index in [0.717, 1.165) is 11.1 Å². The Morgan fingerprint density at radius 2 is 1.04 bits per heavy atom. The van der Waals surface area contributed by atoms with Crippen molar-refractivity contribution in [2.24, 2.45) is 0 Å². The second-order valence-electron chi connectivity index (χ2n) is 5.90. The first-order valence-corrected chi connectivity index (χ1v) is 8.77. The molecule has 6 heteroatoms. The Hall–Kier alpha value is -3.28. The van der Waals surface area contributed by atoms with E-state index in [1.165, 1.54) is 24.3 Å². The second kappa shape index (κ2) is 11.4.